The molecular formula is C9H11BrN6S. The van der Waals surface area contributed by atoms with E-state index in [9.17, 15) is 0 Å². The monoisotopic (exact) mass is 314 g/mol. The number of hydrazine groups is 1. The third-order valence-corrected chi connectivity index (χ3v) is 3.38. The molecule has 4 N–H and O–H groups in total. The van der Waals surface area contributed by atoms with Crippen LogP contribution < -0.4 is 16.6 Å². The van der Waals surface area contributed by atoms with Gasteiger partial charge in [0.15, 0.2) is 0 Å². The Bertz CT molecular complexity index is 514. The van der Waals surface area contributed by atoms with Crippen molar-refractivity contribution in [3.8, 4) is 0 Å². The number of halogens is 1. The molecule has 17 heavy (non-hydrogen) atoms. The van der Waals surface area contributed by atoms with Gasteiger partial charge >= 0.3 is 0 Å². The number of aryl methyl sites for hydroxylation is 1. The summed E-state index contributed by atoms with van der Waals surface area (Å²) in [6.45, 7) is 2.59. The van der Waals surface area contributed by atoms with E-state index in [1.807, 2.05) is 12.3 Å². The second kappa shape index (κ2) is 5.39. The minimum atomic E-state index is 0.366. The lowest BCUT2D eigenvalue weighted by Gasteiger charge is -2.07. The average Bonchev–Trinajstić information content (AvgIpc) is 2.74. The van der Waals surface area contributed by atoms with Crippen LogP contribution in [0.15, 0.2) is 16.0 Å². The molecule has 2 aromatic rings. The van der Waals surface area contributed by atoms with Gasteiger partial charge in [-0.15, -0.1) is 11.3 Å². The average molecular weight is 315 g/mol. The Hall–Kier alpha value is -1.25. The highest BCUT2D eigenvalue weighted by atomic mass is 79.9. The molecule has 0 aliphatic heterocycles. The maximum absolute atomic E-state index is 5.25. The number of nitrogens with zero attached hydrogens (tertiary/aromatic N) is 3. The van der Waals surface area contributed by atoms with Crippen molar-refractivity contribution < 1.29 is 0 Å². The maximum Gasteiger partial charge on any atom is 0.239 e. The minimum Gasteiger partial charge on any atom is -0.363 e. The number of aromatic nitrogens is 3. The summed E-state index contributed by atoms with van der Waals surface area (Å²) < 4.78 is 0.781. The zero-order valence-electron chi connectivity index (χ0n) is 9.07. The normalized spacial score (nSPS) is 10.3. The molecule has 0 fully saturated rings. The van der Waals surface area contributed by atoms with Crippen LogP contribution in [0, 0.1) is 6.92 Å². The van der Waals surface area contributed by atoms with E-state index in [-0.39, 0.29) is 0 Å². The number of nitrogens with one attached hydrogen (secondary N) is 2. The summed E-state index contributed by atoms with van der Waals surface area (Å²) in [5, 5.41) is 6.23. The molecule has 90 valence electrons. The van der Waals surface area contributed by atoms with Crippen molar-refractivity contribution in [1.82, 2.24) is 15.0 Å². The lowest BCUT2D eigenvalue weighted by atomic mass is 10.4. The molecule has 0 amide bonds. The molecule has 0 aromatic carbocycles. The number of thiazole rings is 1. The zero-order chi connectivity index (χ0) is 12.3. The molecule has 0 saturated heterocycles. The molecule has 8 heteroatoms. The van der Waals surface area contributed by atoms with Gasteiger partial charge in [0.25, 0.3) is 0 Å². The second-order valence-electron chi connectivity index (χ2n) is 3.25. The van der Waals surface area contributed by atoms with Gasteiger partial charge in [-0.1, -0.05) is 0 Å². The summed E-state index contributed by atoms with van der Waals surface area (Å²) in [6.07, 6.45) is 1.64. The molecule has 0 unspecified atom stereocenters. The van der Waals surface area contributed by atoms with E-state index >= 15 is 0 Å². The quantitative estimate of drug-likeness (QED) is 0.590. The number of nitrogens with two attached hydrogens (primary N) is 1. The van der Waals surface area contributed by atoms with E-state index in [0.717, 1.165) is 15.2 Å². The standard InChI is InChI=1S/C9H11BrN6S/c1-5-14-6(4-17-5)2-12-8-7(10)3-13-9(15-8)16-11/h3-4H,2,11H2,1H3,(H2,12,13,15,16). The number of hydrogen-bond acceptors (Lipinski definition) is 7. The molecule has 0 spiro atoms. The highest BCUT2D eigenvalue weighted by molar-refractivity contribution is 9.10. The summed E-state index contributed by atoms with van der Waals surface area (Å²) >= 11 is 4.99. The van der Waals surface area contributed by atoms with Crippen molar-refractivity contribution in [1.29, 1.82) is 0 Å². The summed E-state index contributed by atoms with van der Waals surface area (Å²) in [6, 6.07) is 0. The highest BCUT2D eigenvalue weighted by Crippen LogP contribution is 2.20. The molecule has 0 atom stereocenters. The van der Waals surface area contributed by atoms with E-state index in [4.69, 9.17) is 5.84 Å². The lowest BCUT2D eigenvalue weighted by Crippen LogP contribution is -2.12. The molecule has 0 bridgehead atoms. The topological polar surface area (TPSA) is 88.8 Å². The Labute approximate surface area is 111 Å². The van der Waals surface area contributed by atoms with Crippen LogP contribution in [0.1, 0.15) is 10.7 Å². The Morgan fingerprint density at radius 2 is 2.29 bits per heavy atom. The Kier molecular flexibility index (Phi) is 3.87. The van der Waals surface area contributed by atoms with Crippen LogP contribution in [0.25, 0.3) is 0 Å². The first-order valence-electron chi connectivity index (χ1n) is 4.83. The summed E-state index contributed by atoms with van der Waals surface area (Å²) in [5.41, 5.74) is 3.39. The molecule has 2 rings (SSSR count). The molecular weight excluding hydrogens is 304 g/mol. The van der Waals surface area contributed by atoms with Crippen LogP contribution in [0.5, 0.6) is 0 Å². The van der Waals surface area contributed by atoms with Gasteiger partial charge in [-0.2, -0.15) is 4.98 Å². The number of anilines is 2. The summed E-state index contributed by atoms with van der Waals surface area (Å²) in [5.74, 6) is 6.30. The van der Waals surface area contributed by atoms with Crippen LogP contribution >= 0.6 is 27.3 Å². The Morgan fingerprint density at radius 1 is 1.47 bits per heavy atom. The summed E-state index contributed by atoms with van der Waals surface area (Å²) in [7, 11) is 0. The van der Waals surface area contributed by atoms with Gasteiger partial charge in [0, 0.05) is 11.6 Å². The molecule has 0 radical (unpaired) electrons. The lowest BCUT2D eigenvalue weighted by molar-refractivity contribution is 1.02. The molecule has 0 aliphatic rings. The first-order chi connectivity index (χ1) is 8.19. The molecule has 0 aliphatic carbocycles. The second-order valence-corrected chi connectivity index (χ2v) is 5.16. The van der Waals surface area contributed by atoms with Crippen molar-refractivity contribution in [3.63, 3.8) is 0 Å². The predicted molar refractivity (Wildman–Crippen MR) is 71.7 cm³/mol. The first-order valence-corrected chi connectivity index (χ1v) is 6.50. The van der Waals surface area contributed by atoms with Gasteiger partial charge in [0.2, 0.25) is 5.95 Å². The van der Waals surface area contributed by atoms with E-state index in [1.54, 1.807) is 17.5 Å². The van der Waals surface area contributed by atoms with Crippen molar-refractivity contribution >= 4 is 39.0 Å². The highest BCUT2D eigenvalue weighted by Gasteiger charge is 2.05. The van der Waals surface area contributed by atoms with Gasteiger partial charge in [0.1, 0.15) is 5.82 Å². The SMILES string of the molecule is Cc1nc(CNc2nc(NN)ncc2Br)cs1. The van der Waals surface area contributed by atoms with Crippen LogP contribution in [-0.2, 0) is 6.54 Å². The first kappa shape index (κ1) is 12.2. The molecule has 6 nitrogen and oxygen atoms in total. The van der Waals surface area contributed by atoms with Crippen LogP contribution in [-0.4, -0.2) is 15.0 Å². The van der Waals surface area contributed by atoms with Crippen molar-refractivity contribution in [2.75, 3.05) is 10.7 Å². The minimum absolute atomic E-state index is 0.366. The largest absolute Gasteiger partial charge is 0.363 e. The van der Waals surface area contributed by atoms with E-state index < -0.39 is 0 Å². The fourth-order valence-corrected chi connectivity index (χ4v) is 2.17. The number of hydrogen-bond donors (Lipinski definition) is 3. The van der Waals surface area contributed by atoms with Crippen LogP contribution in [0.4, 0.5) is 11.8 Å². The molecule has 2 aromatic heterocycles. The van der Waals surface area contributed by atoms with E-state index in [0.29, 0.717) is 18.3 Å². The van der Waals surface area contributed by atoms with Crippen LogP contribution in [0.2, 0.25) is 0 Å². The van der Waals surface area contributed by atoms with Crippen LogP contribution in [0.3, 0.4) is 0 Å². The molecule has 0 saturated carbocycles. The van der Waals surface area contributed by atoms with E-state index in [2.05, 4.69) is 41.6 Å². The summed E-state index contributed by atoms with van der Waals surface area (Å²) in [4.78, 5) is 12.5. The Morgan fingerprint density at radius 3 is 2.94 bits per heavy atom. The fraction of sp³-hybridized carbons (Fsp3) is 0.222. The van der Waals surface area contributed by atoms with Crippen molar-refractivity contribution in [2.45, 2.75) is 13.5 Å². The third kappa shape index (κ3) is 3.11. The van der Waals surface area contributed by atoms with Gasteiger partial charge in [0.05, 0.1) is 21.7 Å². The molecule has 2 heterocycles. The fourth-order valence-electron chi connectivity index (χ4n) is 1.22. The zero-order valence-corrected chi connectivity index (χ0v) is 11.5. The number of rotatable bonds is 4. The smallest absolute Gasteiger partial charge is 0.239 e. The Balaban J connectivity index is 2.07. The third-order valence-electron chi connectivity index (χ3n) is 1.98. The van der Waals surface area contributed by atoms with E-state index in [1.165, 1.54) is 0 Å². The predicted octanol–water partition coefficient (Wildman–Crippen LogP) is 1.90. The van der Waals surface area contributed by atoms with Gasteiger partial charge in [-0.05, 0) is 22.9 Å². The van der Waals surface area contributed by atoms with Crippen molar-refractivity contribution in [3.05, 3.63) is 26.8 Å². The maximum atomic E-state index is 5.25. The number of nitrogen functional groups attached to an aromatic ring is 1. The van der Waals surface area contributed by atoms with Gasteiger partial charge < -0.3 is 5.32 Å². The van der Waals surface area contributed by atoms with Crippen molar-refractivity contribution in [2.24, 2.45) is 5.84 Å². The van der Waals surface area contributed by atoms with Gasteiger partial charge in [-0.3, -0.25) is 5.43 Å². The van der Waals surface area contributed by atoms with Gasteiger partial charge in [-0.25, -0.2) is 15.8 Å².